The second-order valence-corrected chi connectivity index (χ2v) is 5.51. The zero-order valence-corrected chi connectivity index (χ0v) is 14.1. The molecule has 0 spiro atoms. The van der Waals surface area contributed by atoms with E-state index in [0.29, 0.717) is 30.7 Å². The molecule has 0 unspecified atom stereocenters. The van der Waals surface area contributed by atoms with Crippen molar-refractivity contribution in [1.82, 2.24) is 15.2 Å². The first-order valence-corrected chi connectivity index (χ1v) is 8.08. The molecule has 2 N–H and O–H groups in total. The molecular weight excluding hydrogens is 334 g/mol. The van der Waals surface area contributed by atoms with Crippen LogP contribution in [0.5, 0.6) is 17.2 Å². The third kappa shape index (κ3) is 3.59. The molecule has 2 heterocycles. The van der Waals surface area contributed by atoms with Gasteiger partial charge in [-0.05, 0) is 24.3 Å². The van der Waals surface area contributed by atoms with Crippen molar-refractivity contribution in [2.24, 2.45) is 0 Å². The van der Waals surface area contributed by atoms with Crippen LogP contribution in [-0.2, 0) is 0 Å². The summed E-state index contributed by atoms with van der Waals surface area (Å²) in [4.78, 5) is 4.42. The van der Waals surface area contributed by atoms with Crippen LogP contribution >= 0.6 is 0 Å². The molecule has 1 aliphatic heterocycles. The largest absolute Gasteiger partial charge is 0.497 e. The van der Waals surface area contributed by atoms with E-state index in [2.05, 4.69) is 25.8 Å². The Morgan fingerprint density at radius 2 is 1.81 bits per heavy atom. The van der Waals surface area contributed by atoms with Gasteiger partial charge in [0.05, 0.1) is 13.3 Å². The van der Waals surface area contributed by atoms with Crippen LogP contribution < -0.4 is 24.8 Å². The maximum atomic E-state index is 5.59. The van der Waals surface area contributed by atoms with Crippen LogP contribution in [0.15, 0.2) is 48.7 Å². The number of anilines is 4. The van der Waals surface area contributed by atoms with E-state index in [1.54, 1.807) is 13.3 Å². The number of benzene rings is 2. The Bertz CT molecular complexity index is 919. The number of hydrogen-bond acceptors (Lipinski definition) is 8. The number of ether oxygens (including phenoxy) is 3. The third-order valence-electron chi connectivity index (χ3n) is 3.70. The van der Waals surface area contributed by atoms with Gasteiger partial charge in [0.1, 0.15) is 19.0 Å². The fraction of sp³-hybridized carbons (Fsp3) is 0.167. The molecule has 3 aromatic rings. The van der Waals surface area contributed by atoms with Gasteiger partial charge in [-0.25, -0.2) is 0 Å². The molecule has 0 radical (unpaired) electrons. The number of rotatable bonds is 5. The van der Waals surface area contributed by atoms with Gasteiger partial charge in [-0.3, -0.25) is 0 Å². The molecule has 0 atom stereocenters. The number of methoxy groups -OCH3 is 1. The Hall–Kier alpha value is -3.55. The highest BCUT2D eigenvalue weighted by Crippen LogP contribution is 2.33. The summed E-state index contributed by atoms with van der Waals surface area (Å²) in [6.07, 6.45) is 1.55. The molecule has 0 saturated carbocycles. The first kappa shape index (κ1) is 15.9. The highest BCUT2D eigenvalue weighted by molar-refractivity contribution is 5.62. The van der Waals surface area contributed by atoms with Crippen LogP contribution in [0, 0.1) is 0 Å². The number of aromatic nitrogens is 3. The Morgan fingerprint density at radius 3 is 2.69 bits per heavy atom. The third-order valence-corrected chi connectivity index (χ3v) is 3.70. The maximum absolute atomic E-state index is 5.59. The van der Waals surface area contributed by atoms with E-state index >= 15 is 0 Å². The van der Waals surface area contributed by atoms with Crippen LogP contribution in [0.25, 0.3) is 0 Å². The van der Waals surface area contributed by atoms with Gasteiger partial charge in [0, 0.05) is 23.5 Å². The molecule has 132 valence electrons. The zero-order chi connectivity index (χ0) is 17.8. The molecular formula is C18H17N5O3. The first-order valence-electron chi connectivity index (χ1n) is 8.08. The Balaban J connectivity index is 1.50. The van der Waals surface area contributed by atoms with Crippen molar-refractivity contribution in [2.75, 3.05) is 31.0 Å². The van der Waals surface area contributed by atoms with E-state index in [-0.39, 0.29) is 0 Å². The molecule has 0 saturated heterocycles. The molecule has 0 amide bonds. The van der Waals surface area contributed by atoms with Crippen molar-refractivity contribution in [3.8, 4) is 17.2 Å². The van der Waals surface area contributed by atoms with Gasteiger partial charge in [-0.15, -0.1) is 5.10 Å². The Labute approximate surface area is 150 Å². The van der Waals surface area contributed by atoms with Gasteiger partial charge in [0.2, 0.25) is 5.95 Å². The fourth-order valence-corrected chi connectivity index (χ4v) is 2.52. The van der Waals surface area contributed by atoms with E-state index in [1.165, 1.54) is 0 Å². The molecule has 0 aliphatic carbocycles. The summed E-state index contributed by atoms with van der Waals surface area (Å²) in [5, 5.41) is 14.3. The molecule has 26 heavy (non-hydrogen) atoms. The summed E-state index contributed by atoms with van der Waals surface area (Å²) >= 11 is 0. The van der Waals surface area contributed by atoms with Crippen molar-refractivity contribution in [3.63, 3.8) is 0 Å². The second kappa shape index (κ2) is 7.14. The van der Waals surface area contributed by atoms with Gasteiger partial charge < -0.3 is 24.8 Å². The highest BCUT2D eigenvalue weighted by Gasteiger charge is 2.12. The van der Waals surface area contributed by atoms with Crippen LogP contribution in [0.4, 0.5) is 23.1 Å². The van der Waals surface area contributed by atoms with Crippen LogP contribution in [-0.4, -0.2) is 35.5 Å². The molecule has 0 bridgehead atoms. The van der Waals surface area contributed by atoms with E-state index in [4.69, 9.17) is 14.2 Å². The quantitative estimate of drug-likeness (QED) is 0.724. The SMILES string of the molecule is COc1cccc(Nc2nncc(Nc3ccc4c(c3)OCCO4)n2)c1. The Kier molecular flexibility index (Phi) is 4.38. The molecule has 1 aromatic heterocycles. The number of nitrogens with zero attached hydrogens (tertiary/aromatic N) is 3. The minimum atomic E-state index is 0.376. The summed E-state index contributed by atoms with van der Waals surface area (Å²) in [5.74, 6) is 3.12. The van der Waals surface area contributed by atoms with Gasteiger partial charge in [0.25, 0.3) is 0 Å². The van der Waals surface area contributed by atoms with E-state index in [9.17, 15) is 0 Å². The van der Waals surface area contributed by atoms with Crippen molar-refractivity contribution < 1.29 is 14.2 Å². The molecule has 2 aromatic carbocycles. The standard InChI is InChI=1S/C18H17N5O3/c1-24-14-4-2-3-12(9-14)21-18-22-17(11-19-23-18)20-13-5-6-15-16(10-13)26-8-7-25-15/h2-6,9-11H,7-8H2,1H3,(H2,20,21,22,23). The van der Waals surface area contributed by atoms with Gasteiger partial charge in [-0.2, -0.15) is 10.1 Å². The highest BCUT2D eigenvalue weighted by atomic mass is 16.6. The molecule has 8 nitrogen and oxygen atoms in total. The summed E-state index contributed by atoms with van der Waals surface area (Å²) in [5.41, 5.74) is 1.63. The summed E-state index contributed by atoms with van der Waals surface area (Å²) < 4.78 is 16.3. The maximum Gasteiger partial charge on any atom is 0.249 e. The van der Waals surface area contributed by atoms with E-state index in [1.807, 2.05) is 42.5 Å². The van der Waals surface area contributed by atoms with Crippen LogP contribution in [0.2, 0.25) is 0 Å². The molecule has 0 fully saturated rings. The minimum absolute atomic E-state index is 0.376. The van der Waals surface area contributed by atoms with Gasteiger partial charge >= 0.3 is 0 Å². The van der Waals surface area contributed by atoms with Crippen molar-refractivity contribution in [3.05, 3.63) is 48.7 Å². The smallest absolute Gasteiger partial charge is 0.249 e. The molecule has 1 aliphatic rings. The first-order chi connectivity index (χ1) is 12.8. The predicted octanol–water partition coefficient (Wildman–Crippen LogP) is 3.14. The number of nitrogens with one attached hydrogen (secondary N) is 2. The van der Waals surface area contributed by atoms with Gasteiger partial charge in [-0.1, -0.05) is 6.07 Å². The summed E-state index contributed by atoms with van der Waals surface area (Å²) in [7, 11) is 1.62. The van der Waals surface area contributed by atoms with Crippen LogP contribution in [0.3, 0.4) is 0 Å². The summed E-state index contributed by atoms with van der Waals surface area (Å²) in [6, 6.07) is 13.1. The van der Waals surface area contributed by atoms with Crippen molar-refractivity contribution >= 4 is 23.1 Å². The lowest BCUT2D eigenvalue weighted by Crippen LogP contribution is -2.15. The predicted molar refractivity (Wildman–Crippen MR) is 96.8 cm³/mol. The van der Waals surface area contributed by atoms with Crippen LogP contribution in [0.1, 0.15) is 0 Å². The van der Waals surface area contributed by atoms with Crippen molar-refractivity contribution in [1.29, 1.82) is 0 Å². The fourth-order valence-electron chi connectivity index (χ4n) is 2.52. The van der Waals surface area contributed by atoms with Gasteiger partial charge in [0.15, 0.2) is 17.3 Å². The normalized spacial score (nSPS) is 12.3. The average Bonchev–Trinajstić information content (AvgIpc) is 2.68. The lowest BCUT2D eigenvalue weighted by molar-refractivity contribution is 0.171. The van der Waals surface area contributed by atoms with Crippen molar-refractivity contribution in [2.45, 2.75) is 0 Å². The zero-order valence-electron chi connectivity index (χ0n) is 14.1. The molecule has 4 rings (SSSR count). The number of fused-ring (bicyclic) bond motifs is 1. The average molecular weight is 351 g/mol. The monoisotopic (exact) mass is 351 g/mol. The number of hydrogen-bond donors (Lipinski definition) is 2. The topological polar surface area (TPSA) is 90.4 Å². The minimum Gasteiger partial charge on any atom is -0.497 e. The van der Waals surface area contributed by atoms with E-state index < -0.39 is 0 Å². The molecule has 8 heteroatoms. The van der Waals surface area contributed by atoms with E-state index in [0.717, 1.165) is 22.9 Å². The lowest BCUT2D eigenvalue weighted by Gasteiger charge is -2.19. The summed E-state index contributed by atoms with van der Waals surface area (Å²) in [6.45, 7) is 1.11. The Morgan fingerprint density at radius 1 is 0.962 bits per heavy atom. The lowest BCUT2D eigenvalue weighted by atomic mass is 10.2. The second-order valence-electron chi connectivity index (χ2n) is 5.51.